The Morgan fingerprint density at radius 3 is 2.16 bits per heavy atom. The van der Waals surface area contributed by atoms with E-state index in [2.05, 4.69) is 5.32 Å². The van der Waals surface area contributed by atoms with Crippen LogP contribution in [0.3, 0.4) is 0 Å². The molecule has 12 heteroatoms. The maximum absolute atomic E-state index is 11.1. The minimum Gasteiger partial charge on any atom is -0.388 e. The fraction of sp³-hybridized carbons (Fsp3) is 1.00. The number of ether oxygens (including phenoxy) is 4. The molecule has 12 nitrogen and oxygen atoms in total. The topological polar surface area (TPSA) is 214 Å². The molecule has 0 bridgehead atoms. The van der Waals surface area contributed by atoms with Crippen molar-refractivity contribution in [1.82, 2.24) is 5.32 Å². The van der Waals surface area contributed by atoms with Crippen molar-refractivity contribution in [3.63, 3.8) is 0 Å². The van der Waals surface area contributed by atoms with Gasteiger partial charge in [-0.3, -0.25) is 0 Å². The molecule has 3 aliphatic rings. The summed E-state index contributed by atoms with van der Waals surface area (Å²) >= 11 is 0. The van der Waals surface area contributed by atoms with Crippen molar-refractivity contribution in [2.75, 3.05) is 13.7 Å². The van der Waals surface area contributed by atoms with E-state index in [1.54, 1.807) is 14.0 Å². The Morgan fingerprint density at radius 1 is 1.00 bits per heavy atom. The molecule has 3 rings (SSSR count). The van der Waals surface area contributed by atoms with Crippen molar-refractivity contribution in [3.05, 3.63) is 0 Å². The predicted octanol–water partition coefficient (Wildman–Crippen LogP) is -3.59. The van der Waals surface area contributed by atoms with Crippen LogP contribution >= 0.6 is 0 Å². The summed E-state index contributed by atoms with van der Waals surface area (Å²) in [4.78, 5) is 0. The molecular formula is C20H41N5O7. The highest BCUT2D eigenvalue weighted by atomic mass is 16.7. The fourth-order valence-electron chi connectivity index (χ4n) is 4.87. The minimum atomic E-state index is -1.29. The summed E-state index contributed by atoms with van der Waals surface area (Å²) in [6, 6.07) is -2.47. The third-order valence-corrected chi connectivity index (χ3v) is 6.81. The highest BCUT2D eigenvalue weighted by molar-refractivity contribution is 5.02. The molecule has 0 aromatic carbocycles. The molecular weight excluding hydrogens is 422 g/mol. The Morgan fingerprint density at radius 2 is 1.59 bits per heavy atom. The van der Waals surface area contributed by atoms with Crippen LogP contribution in [0.15, 0.2) is 0 Å². The standard InChI is InChI=1S/C20H41N5O7/c1-8(21)12-5-4-9(22)18(30-12)31-15-10(23)6-11(24)16(13(15)26)32-19-14(27)17(25-3)20(2,28)7-29-19/h8-19,25-28H,4-7,21-24H2,1-3H3/t8-,9-,10+,11-,12+,13+,14-,15-,16-,17-,18-,19-,20+/m1/s1. The number of likely N-dealkylation sites (N-methyl/N-ethyl adjacent to an activating group) is 1. The highest BCUT2D eigenvalue weighted by Gasteiger charge is 2.50. The quantitative estimate of drug-likeness (QED) is 0.192. The number of nitrogens with one attached hydrogen (secondary N) is 1. The fourth-order valence-corrected chi connectivity index (χ4v) is 4.87. The van der Waals surface area contributed by atoms with Crippen LogP contribution in [0.25, 0.3) is 0 Å². The lowest BCUT2D eigenvalue weighted by molar-refractivity contribution is -0.307. The molecule has 1 aliphatic carbocycles. The van der Waals surface area contributed by atoms with Gasteiger partial charge < -0.3 is 62.5 Å². The van der Waals surface area contributed by atoms with E-state index in [9.17, 15) is 15.3 Å². The molecule has 0 radical (unpaired) electrons. The van der Waals surface area contributed by atoms with Crippen LogP contribution in [-0.2, 0) is 18.9 Å². The van der Waals surface area contributed by atoms with E-state index in [4.69, 9.17) is 41.9 Å². The summed E-state index contributed by atoms with van der Waals surface area (Å²) in [5.41, 5.74) is 23.3. The van der Waals surface area contributed by atoms with E-state index in [0.717, 1.165) is 6.42 Å². The average Bonchev–Trinajstić information content (AvgIpc) is 2.71. The van der Waals surface area contributed by atoms with Crippen LogP contribution in [0.5, 0.6) is 0 Å². The zero-order valence-corrected chi connectivity index (χ0v) is 19.0. The first-order valence-electron chi connectivity index (χ1n) is 11.3. The Kier molecular flexibility index (Phi) is 8.51. The van der Waals surface area contributed by atoms with Crippen LogP contribution in [0.1, 0.15) is 33.1 Å². The van der Waals surface area contributed by atoms with Gasteiger partial charge in [-0.05, 0) is 40.2 Å². The van der Waals surface area contributed by atoms with Crippen LogP contribution in [0, 0.1) is 0 Å². The highest BCUT2D eigenvalue weighted by Crippen LogP contribution is 2.31. The normalized spacial score (nSPS) is 51.4. The molecule has 2 aliphatic heterocycles. The second kappa shape index (κ2) is 10.4. The Hall–Kier alpha value is -0.480. The van der Waals surface area contributed by atoms with Gasteiger partial charge in [-0.25, -0.2) is 0 Å². The van der Waals surface area contributed by atoms with Gasteiger partial charge in [-0.1, -0.05) is 0 Å². The van der Waals surface area contributed by atoms with Crippen molar-refractivity contribution in [2.24, 2.45) is 22.9 Å². The number of nitrogens with two attached hydrogens (primary N) is 4. The van der Waals surface area contributed by atoms with Gasteiger partial charge in [0.1, 0.15) is 30.0 Å². The summed E-state index contributed by atoms with van der Waals surface area (Å²) in [7, 11) is 1.62. The molecule has 13 atom stereocenters. The van der Waals surface area contributed by atoms with Crippen LogP contribution in [0.2, 0.25) is 0 Å². The van der Waals surface area contributed by atoms with Crippen molar-refractivity contribution >= 4 is 0 Å². The number of aliphatic hydroxyl groups is 3. The van der Waals surface area contributed by atoms with Gasteiger partial charge in [0, 0.05) is 18.1 Å². The molecule has 0 spiro atoms. The number of hydrogen-bond acceptors (Lipinski definition) is 12. The van der Waals surface area contributed by atoms with E-state index in [1.165, 1.54) is 0 Å². The molecule has 12 N–H and O–H groups in total. The molecule has 1 saturated carbocycles. The lowest BCUT2D eigenvalue weighted by Crippen LogP contribution is -2.68. The Balaban J connectivity index is 1.69. The third kappa shape index (κ3) is 5.43. The summed E-state index contributed by atoms with van der Waals surface area (Å²) in [6.45, 7) is 3.34. The molecule has 2 saturated heterocycles. The first kappa shape index (κ1) is 26.1. The second-order valence-corrected chi connectivity index (χ2v) is 9.69. The van der Waals surface area contributed by atoms with Crippen LogP contribution < -0.4 is 28.3 Å². The van der Waals surface area contributed by atoms with Crippen molar-refractivity contribution in [3.8, 4) is 0 Å². The Bertz CT molecular complexity index is 615. The maximum atomic E-state index is 11.1. The van der Waals surface area contributed by atoms with E-state index < -0.39 is 60.7 Å². The van der Waals surface area contributed by atoms with Gasteiger partial charge in [-0.2, -0.15) is 0 Å². The van der Waals surface area contributed by atoms with Gasteiger partial charge in [0.2, 0.25) is 0 Å². The summed E-state index contributed by atoms with van der Waals surface area (Å²) < 4.78 is 23.4. The molecule has 188 valence electrons. The van der Waals surface area contributed by atoms with Gasteiger partial charge in [0.25, 0.3) is 0 Å². The molecule has 0 aromatic heterocycles. The maximum Gasteiger partial charge on any atom is 0.185 e. The number of rotatable bonds is 6. The first-order valence-corrected chi connectivity index (χ1v) is 11.3. The van der Waals surface area contributed by atoms with Gasteiger partial charge in [0.05, 0.1) is 24.8 Å². The van der Waals surface area contributed by atoms with Crippen molar-refractivity contribution < 1.29 is 34.3 Å². The summed E-state index contributed by atoms with van der Waals surface area (Å²) in [5, 5.41) is 35.0. The van der Waals surface area contributed by atoms with Crippen LogP contribution in [0.4, 0.5) is 0 Å². The summed E-state index contributed by atoms with van der Waals surface area (Å²) in [5.74, 6) is 0. The number of aliphatic hydroxyl groups excluding tert-OH is 2. The zero-order chi connectivity index (χ0) is 23.8. The summed E-state index contributed by atoms with van der Waals surface area (Å²) in [6.07, 6.45) is -4.58. The Labute approximate surface area is 188 Å². The predicted molar refractivity (Wildman–Crippen MR) is 115 cm³/mol. The second-order valence-electron chi connectivity index (χ2n) is 9.69. The van der Waals surface area contributed by atoms with Crippen molar-refractivity contribution in [2.45, 2.75) is 112 Å². The average molecular weight is 464 g/mol. The smallest absolute Gasteiger partial charge is 0.185 e. The SMILES string of the molecule is CN[C@@H]1[C@@H](O)[C@@H](O[C@H]2[C@@H](O)[C@H](O[C@H]3O[C@H]([C@@H](C)N)CC[C@H]3N)[C@@H](N)C[C@H]2N)OC[C@]1(C)O. The van der Waals surface area contributed by atoms with Crippen LogP contribution in [-0.4, -0.2) is 108 Å². The molecule has 0 amide bonds. The molecule has 3 fully saturated rings. The lowest BCUT2D eigenvalue weighted by Gasteiger charge is -2.48. The lowest BCUT2D eigenvalue weighted by atomic mass is 9.84. The molecule has 2 heterocycles. The molecule has 0 unspecified atom stereocenters. The largest absolute Gasteiger partial charge is 0.388 e. The monoisotopic (exact) mass is 463 g/mol. The minimum absolute atomic E-state index is 0.0683. The van der Waals surface area contributed by atoms with Gasteiger partial charge >= 0.3 is 0 Å². The number of hydrogen-bond donors (Lipinski definition) is 8. The van der Waals surface area contributed by atoms with E-state index >= 15 is 0 Å². The van der Waals surface area contributed by atoms with E-state index in [-0.39, 0.29) is 24.8 Å². The van der Waals surface area contributed by atoms with Crippen molar-refractivity contribution in [1.29, 1.82) is 0 Å². The molecule has 32 heavy (non-hydrogen) atoms. The zero-order valence-electron chi connectivity index (χ0n) is 19.0. The third-order valence-electron chi connectivity index (χ3n) is 6.81. The van der Waals surface area contributed by atoms with Gasteiger partial charge in [0.15, 0.2) is 12.6 Å². The first-order chi connectivity index (χ1) is 15.0. The van der Waals surface area contributed by atoms with Gasteiger partial charge in [-0.15, -0.1) is 0 Å². The van der Waals surface area contributed by atoms with E-state index in [0.29, 0.717) is 12.8 Å². The molecule has 0 aromatic rings. The van der Waals surface area contributed by atoms with E-state index in [1.807, 2.05) is 6.92 Å².